The highest BCUT2D eigenvalue weighted by atomic mass is 32.2. The summed E-state index contributed by atoms with van der Waals surface area (Å²) >= 11 is 0. The second-order valence-corrected chi connectivity index (χ2v) is 8.68. The van der Waals surface area contributed by atoms with Gasteiger partial charge in [0.05, 0.1) is 13.7 Å². The fourth-order valence-electron chi connectivity index (χ4n) is 2.42. The van der Waals surface area contributed by atoms with Gasteiger partial charge in [0.25, 0.3) is 0 Å². The van der Waals surface area contributed by atoms with E-state index >= 15 is 0 Å². The SMILES string of the molecule is COc1cccc(C(F)(F)CNC(=O)N2CCS(=O)C(C)(C)CC2)n1. The fourth-order valence-corrected chi connectivity index (χ4v) is 3.68. The van der Waals surface area contributed by atoms with Crippen LogP contribution in [0.25, 0.3) is 0 Å². The summed E-state index contributed by atoms with van der Waals surface area (Å²) in [6, 6.07) is 3.49. The molecule has 2 rings (SSSR count). The van der Waals surface area contributed by atoms with Crippen LogP contribution in [-0.4, -0.2) is 57.4 Å². The Bertz CT molecular complexity index is 655. The monoisotopic (exact) mass is 375 g/mol. The Morgan fingerprint density at radius 2 is 2.16 bits per heavy atom. The number of methoxy groups -OCH3 is 1. The molecule has 0 aliphatic carbocycles. The fraction of sp³-hybridized carbons (Fsp3) is 0.625. The molecule has 1 N–H and O–H groups in total. The molecule has 2 heterocycles. The molecule has 1 saturated heterocycles. The molecule has 0 spiro atoms. The average Bonchev–Trinajstić information content (AvgIpc) is 2.72. The van der Waals surface area contributed by atoms with Gasteiger partial charge in [0.2, 0.25) is 5.88 Å². The van der Waals surface area contributed by atoms with Crippen molar-refractivity contribution >= 4 is 16.8 Å². The first-order valence-electron chi connectivity index (χ1n) is 7.96. The molecule has 1 aliphatic heterocycles. The van der Waals surface area contributed by atoms with Crippen LogP contribution < -0.4 is 10.1 Å². The average molecular weight is 375 g/mol. The van der Waals surface area contributed by atoms with Gasteiger partial charge in [-0.15, -0.1) is 0 Å². The Morgan fingerprint density at radius 1 is 1.44 bits per heavy atom. The number of nitrogens with zero attached hydrogens (tertiary/aromatic N) is 2. The largest absolute Gasteiger partial charge is 0.481 e. The van der Waals surface area contributed by atoms with E-state index in [1.807, 2.05) is 13.8 Å². The smallest absolute Gasteiger partial charge is 0.317 e. The molecule has 6 nitrogen and oxygen atoms in total. The number of alkyl halides is 2. The summed E-state index contributed by atoms with van der Waals surface area (Å²) in [5.74, 6) is -2.90. The van der Waals surface area contributed by atoms with E-state index in [0.717, 1.165) is 0 Å². The zero-order chi connectivity index (χ0) is 18.7. The van der Waals surface area contributed by atoms with Crippen molar-refractivity contribution in [3.8, 4) is 5.88 Å². The van der Waals surface area contributed by atoms with Crippen LogP contribution in [0.3, 0.4) is 0 Å². The summed E-state index contributed by atoms with van der Waals surface area (Å²) in [5, 5.41) is 2.26. The van der Waals surface area contributed by atoms with E-state index in [2.05, 4.69) is 10.3 Å². The van der Waals surface area contributed by atoms with Gasteiger partial charge in [-0.25, -0.2) is 9.78 Å². The normalized spacial score (nSPS) is 20.7. The van der Waals surface area contributed by atoms with Gasteiger partial charge in [-0.2, -0.15) is 8.78 Å². The van der Waals surface area contributed by atoms with Crippen molar-refractivity contribution in [3.63, 3.8) is 0 Å². The van der Waals surface area contributed by atoms with Gasteiger partial charge in [-0.05, 0) is 26.3 Å². The van der Waals surface area contributed by atoms with Gasteiger partial charge in [0, 0.05) is 40.5 Å². The van der Waals surface area contributed by atoms with Gasteiger partial charge >= 0.3 is 12.0 Å². The number of urea groups is 1. The predicted molar refractivity (Wildman–Crippen MR) is 91.4 cm³/mol. The maximum atomic E-state index is 14.3. The van der Waals surface area contributed by atoms with Gasteiger partial charge in [0.15, 0.2) is 0 Å². The van der Waals surface area contributed by atoms with Crippen LogP contribution >= 0.6 is 0 Å². The molecule has 25 heavy (non-hydrogen) atoms. The van der Waals surface area contributed by atoms with Crippen molar-refractivity contribution in [2.75, 3.05) is 32.5 Å². The number of carbonyl (C=O) groups excluding carboxylic acids is 1. The third-order valence-electron chi connectivity index (χ3n) is 4.20. The standard InChI is InChI=1S/C16H23F2N3O3S/c1-15(2)7-8-21(9-10-25(15)23)14(22)19-11-16(17,18)12-5-4-6-13(20-12)24-3/h4-6H,7-11H2,1-3H3,(H,19,22). The number of hydrogen-bond donors (Lipinski definition) is 1. The Morgan fingerprint density at radius 3 is 2.84 bits per heavy atom. The van der Waals surface area contributed by atoms with Crippen molar-refractivity contribution in [3.05, 3.63) is 23.9 Å². The summed E-state index contributed by atoms with van der Waals surface area (Å²) in [6.07, 6.45) is 0.556. The topological polar surface area (TPSA) is 71.5 Å². The lowest BCUT2D eigenvalue weighted by molar-refractivity contribution is -0.00639. The summed E-state index contributed by atoms with van der Waals surface area (Å²) in [6.45, 7) is 3.56. The molecule has 140 valence electrons. The van der Waals surface area contributed by atoms with E-state index < -0.39 is 35.0 Å². The Hall–Kier alpha value is -1.77. The minimum Gasteiger partial charge on any atom is -0.481 e. The van der Waals surface area contributed by atoms with Gasteiger partial charge in [0.1, 0.15) is 5.69 Å². The minimum atomic E-state index is -3.32. The molecular weight excluding hydrogens is 352 g/mol. The number of halogens is 2. The van der Waals surface area contributed by atoms with Crippen molar-refractivity contribution in [2.45, 2.75) is 30.9 Å². The number of pyridine rings is 1. The second-order valence-electron chi connectivity index (χ2n) is 6.47. The summed E-state index contributed by atoms with van der Waals surface area (Å²) in [5.41, 5.74) is -0.467. The van der Waals surface area contributed by atoms with Crippen LogP contribution in [0.1, 0.15) is 26.0 Å². The van der Waals surface area contributed by atoms with Crippen molar-refractivity contribution in [1.29, 1.82) is 0 Å². The molecule has 0 saturated carbocycles. The van der Waals surface area contributed by atoms with E-state index in [-0.39, 0.29) is 17.2 Å². The second kappa shape index (κ2) is 7.63. The van der Waals surface area contributed by atoms with E-state index in [0.29, 0.717) is 18.7 Å². The number of nitrogens with one attached hydrogen (secondary N) is 1. The summed E-state index contributed by atoms with van der Waals surface area (Å²) < 4.78 is 45.1. The molecule has 2 amide bonds. The summed E-state index contributed by atoms with van der Waals surface area (Å²) in [7, 11) is 0.291. The number of hydrogen-bond acceptors (Lipinski definition) is 4. The van der Waals surface area contributed by atoms with Gasteiger partial charge in [-0.1, -0.05) is 6.07 Å². The number of aromatic nitrogens is 1. The lowest BCUT2D eigenvalue weighted by Gasteiger charge is -2.24. The molecule has 1 aromatic rings. The van der Waals surface area contributed by atoms with E-state index in [9.17, 15) is 17.8 Å². The number of rotatable bonds is 4. The molecule has 0 aromatic carbocycles. The Labute approximate surface area is 148 Å². The molecule has 1 unspecified atom stereocenters. The van der Waals surface area contributed by atoms with Crippen LogP contribution in [0.15, 0.2) is 18.2 Å². The first kappa shape index (κ1) is 19.6. The first-order chi connectivity index (χ1) is 11.7. The Kier molecular flexibility index (Phi) is 5.97. The molecule has 1 aromatic heterocycles. The van der Waals surface area contributed by atoms with Crippen molar-refractivity contribution in [2.24, 2.45) is 0 Å². The van der Waals surface area contributed by atoms with E-state index in [1.165, 1.54) is 30.2 Å². The maximum absolute atomic E-state index is 14.3. The van der Waals surface area contributed by atoms with E-state index in [4.69, 9.17) is 4.74 Å². The highest BCUT2D eigenvalue weighted by Crippen LogP contribution is 2.27. The van der Waals surface area contributed by atoms with Gasteiger partial charge in [-0.3, -0.25) is 4.21 Å². The van der Waals surface area contributed by atoms with E-state index in [1.54, 1.807) is 0 Å². The quantitative estimate of drug-likeness (QED) is 0.875. The molecule has 1 fully saturated rings. The third kappa shape index (κ3) is 4.87. The third-order valence-corrected chi connectivity index (χ3v) is 6.19. The molecule has 0 radical (unpaired) electrons. The highest BCUT2D eigenvalue weighted by molar-refractivity contribution is 7.86. The highest BCUT2D eigenvalue weighted by Gasteiger charge is 2.36. The molecule has 0 bridgehead atoms. The molecule has 1 atom stereocenters. The van der Waals surface area contributed by atoms with Crippen LogP contribution in [0.4, 0.5) is 13.6 Å². The van der Waals surface area contributed by atoms with Crippen LogP contribution in [0.2, 0.25) is 0 Å². The number of carbonyl (C=O) groups is 1. The minimum absolute atomic E-state index is 0.0840. The van der Waals surface area contributed by atoms with Crippen LogP contribution in [0.5, 0.6) is 5.88 Å². The number of amides is 2. The van der Waals surface area contributed by atoms with Gasteiger partial charge < -0.3 is 15.0 Å². The Balaban J connectivity index is 1.97. The lowest BCUT2D eigenvalue weighted by atomic mass is 10.1. The zero-order valence-corrected chi connectivity index (χ0v) is 15.4. The summed E-state index contributed by atoms with van der Waals surface area (Å²) in [4.78, 5) is 17.4. The maximum Gasteiger partial charge on any atom is 0.317 e. The van der Waals surface area contributed by atoms with Crippen molar-refractivity contribution in [1.82, 2.24) is 15.2 Å². The zero-order valence-electron chi connectivity index (χ0n) is 14.6. The molecule has 1 aliphatic rings. The molecular formula is C16H23F2N3O3S. The van der Waals surface area contributed by atoms with Crippen LogP contribution in [-0.2, 0) is 16.7 Å². The first-order valence-corrected chi connectivity index (χ1v) is 9.28. The van der Waals surface area contributed by atoms with Crippen LogP contribution in [0, 0.1) is 0 Å². The number of ether oxygens (including phenoxy) is 1. The molecule has 9 heteroatoms. The predicted octanol–water partition coefficient (Wildman–Crippen LogP) is 2.12. The van der Waals surface area contributed by atoms with Crippen molar-refractivity contribution < 1.29 is 22.5 Å². The lowest BCUT2D eigenvalue weighted by Crippen LogP contribution is -2.45.